The monoisotopic (exact) mass is 427 g/mol. The first-order chi connectivity index (χ1) is 15.6. The van der Waals surface area contributed by atoms with E-state index in [9.17, 15) is 14.7 Å². The number of benzene rings is 2. The van der Waals surface area contributed by atoms with Crippen LogP contribution in [0, 0.1) is 6.92 Å². The fourth-order valence-electron chi connectivity index (χ4n) is 5.05. The molecule has 0 radical (unpaired) electrons. The number of piperazine rings is 1. The van der Waals surface area contributed by atoms with Gasteiger partial charge in [0.15, 0.2) is 0 Å². The van der Waals surface area contributed by atoms with Gasteiger partial charge in [-0.3, -0.25) is 14.6 Å². The molecular formula is C26H25N3O3. The van der Waals surface area contributed by atoms with Crippen LogP contribution in [0.3, 0.4) is 0 Å². The van der Waals surface area contributed by atoms with E-state index in [1.165, 1.54) is 11.8 Å². The van der Waals surface area contributed by atoms with E-state index < -0.39 is 0 Å². The van der Waals surface area contributed by atoms with Gasteiger partial charge in [0, 0.05) is 24.9 Å². The number of amides is 2. The van der Waals surface area contributed by atoms with Crippen LogP contribution < -0.4 is 0 Å². The molecule has 2 aliphatic rings. The number of aryl methyl sites for hydroxylation is 1. The highest BCUT2D eigenvalue weighted by molar-refractivity contribution is 5.97. The minimum atomic E-state index is -0.257. The van der Waals surface area contributed by atoms with Crippen molar-refractivity contribution in [2.45, 2.75) is 24.9 Å². The lowest BCUT2D eigenvalue weighted by Crippen LogP contribution is -2.73. The number of fused-ring (bicyclic) bond motifs is 1. The number of aliphatic hydroxyl groups is 1. The van der Waals surface area contributed by atoms with E-state index in [-0.39, 0.29) is 43.0 Å². The van der Waals surface area contributed by atoms with E-state index in [4.69, 9.17) is 0 Å². The Morgan fingerprint density at radius 3 is 2.59 bits per heavy atom. The van der Waals surface area contributed by atoms with Gasteiger partial charge in [-0.2, -0.15) is 0 Å². The standard InChI is InChI=1S/C26H25N3O3/c1-17-4-2-5-20(12-17)18-7-9-19(10-8-18)25-22-14-28(15-24(31)29(22)23(25)16-30)26(32)21-6-3-11-27-13-21/h2-13,22-23,25,30H,14-16H2,1H3/t22-,23-,25-/m0/s1. The maximum absolute atomic E-state index is 12.9. The van der Waals surface area contributed by atoms with Gasteiger partial charge in [0.25, 0.3) is 5.91 Å². The van der Waals surface area contributed by atoms with Crippen molar-refractivity contribution < 1.29 is 14.7 Å². The fourth-order valence-corrected chi connectivity index (χ4v) is 5.05. The minimum Gasteiger partial charge on any atom is -0.394 e. The lowest BCUT2D eigenvalue weighted by molar-refractivity contribution is -0.159. The van der Waals surface area contributed by atoms with Crippen LogP contribution in [0.2, 0.25) is 0 Å². The number of carbonyl (C=O) groups excluding carboxylic acids is 2. The average Bonchev–Trinajstić information content (AvgIpc) is 2.81. The summed E-state index contributed by atoms with van der Waals surface area (Å²) in [4.78, 5) is 33.1. The number of carbonyl (C=O) groups is 2. The van der Waals surface area contributed by atoms with Crippen molar-refractivity contribution in [3.8, 4) is 11.1 Å². The van der Waals surface area contributed by atoms with E-state index in [2.05, 4.69) is 54.4 Å². The lowest BCUT2D eigenvalue weighted by Gasteiger charge is -2.58. The maximum Gasteiger partial charge on any atom is 0.255 e. The van der Waals surface area contributed by atoms with Crippen LogP contribution in [0.15, 0.2) is 73.1 Å². The number of nitrogens with zero attached hydrogens (tertiary/aromatic N) is 3. The average molecular weight is 428 g/mol. The van der Waals surface area contributed by atoms with Crippen LogP contribution in [0.1, 0.15) is 27.4 Å². The van der Waals surface area contributed by atoms with Gasteiger partial charge in [0.1, 0.15) is 6.54 Å². The highest BCUT2D eigenvalue weighted by Gasteiger charge is 2.54. The van der Waals surface area contributed by atoms with Crippen LogP contribution in [0.25, 0.3) is 11.1 Å². The first-order valence-electron chi connectivity index (χ1n) is 10.8. The van der Waals surface area contributed by atoms with E-state index >= 15 is 0 Å². The molecule has 3 aromatic rings. The zero-order chi connectivity index (χ0) is 22.2. The molecule has 3 atom stereocenters. The van der Waals surface area contributed by atoms with Crippen molar-refractivity contribution in [3.63, 3.8) is 0 Å². The fraction of sp³-hybridized carbons (Fsp3) is 0.269. The largest absolute Gasteiger partial charge is 0.394 e. The molecule has 0 spiro atoms. The van der Waals surface area contributed by atoms with Gasteiger partial charge >= 0.3 is 0 Å². The molecule has 0 bridgehead atoms. The number of rotatable bonds is 4. The summed E-state index contributed by atoms with van der Waals surface area (Å²) in [6.07, 6.45) is 3.14. The molecule has 2 amide bonds. The Hall–Kier alpha value is -3.51. The Bertz CT molecular complexity index is 1150. The van der Waals surface area contributed by atoms with E-state index in [1.807, 2.05) is 6.07 Å². The Kier molecular flexibility index (Phi) is 5.23. The first kappa shape index (κ1) is 20.4. The van der Waals surface area contributed by atoms with Crippen molar-refractivity contribution in [2.24, 2.45) is 0 Å². The minimum absolute atomic E-state index is 0.0139. The van der Waals surface area contributed by atoms with Crippen molar-refractivity contribution in [2.75, 3.05) is 19.7 Å². The molecule has 1 aromatic heterocycles. The number of hydrogen-bond donors (Lipinski definition) is 1. The van der Waals surface area contributed by atoms with Crippen LogP contribution in [0.4, 0.5) is 0 Å². The summed E-state index contributed by atoms with van der Waals surface area (Å²) in [7, 11) is 0. The molecule has 1 N–H and O–H groups in total. The van der Waals surface area contributed by atoms with Gasteiger partial charge in [-0.1, -0.05) is 54.1 Å². The molecule has 6 heteroatoms. The summed E-state index contributed by atoms with van der Waals surface area (Å²) in [5.41, 5.74) is 5.05. The SMILES string of the molecule is Cc1cccc(-c2ccc([C@@H]3[C@H](CO)N4C(=O)CN(C(=O)c5cccnc5)C[C@@H]34)cc2)c1. The Morgan fingerprint density at radius 1 is 1.09 bits per heavy atom. The number of aromatic nitrogens is 1. The molecule has 162 valence electrons. The molecule has 5 rings (SSSR count). The molecule has 32 heavy (non-hydrogen) atoms. The number of pyridine rings is 1. The van der Waals surface area contributed by atoms with Gasteiger partial charge in [-0.05, 0) is 35.7 Å². The second-order valence-electron chi connectivity index (χ2n) is 8.56. The van der Waals surface area contributed by atoms with E-state index in [0.717, 1.165) is 16.7 Å². The maximum atomic E-state index is 12.9. The topological polar surface area (TPSA) is 73.7 Å². The predicted octanol–water partition coefficient (Wildman–Crippen LogP) is 2.87. The third kappa shape index (κ3) is 3.46. The molecule has 6 nitrogen and oxygen atoms in total. The third-order valence-electron chi connectivity index (χ3n) is 6.59. The van der Waals surface area contributed by atoms with Gasteiger partial charge in [0.05, 0.1) is 24.3 Å². The molecule has 2 aromatic carbocycles. The van der Waals surface area contributed by atoms with Gasteiger partial charge in [0.2, 0.25) is 5.91 Å². The molecular weight excluding hydrogens is 402 g/mol. The summed E-state index contributed by atoms with van der Waals surface area (Å²) in [5, 5.41) is 10.0. The Balaban J connectivity index is 1.39. The van der Waals surface area contributed by atoms with E-state index in [0.29, 0.717) is 12.1 Å². The van der Waals surface area contributed by atoms with E-state index in [1.54, 1.807) is 28.1 Å². The second kappa shape index (κ2) is 8.20. The van der Waals surface area contributed by atoms with Crippen LogP contribution >= 0.6 is 0 Å². The molecule has 0 aliphatic carbocycles. The second-order valence-corrected chi connectivity index (χ2v) is 8.56. The summed E-state index contributed by atoms with van der Waals surface area (Å²) >= 11 is 0. The predicted molar refractivity (Wildman–Crippen MR) is 121 cm³/mol. The summed E-state index contributed by atoms with van der Waals surface area (Å²) < 4.78 is 0. The smallest absolute Gasteiger partial charge is 0.255 e. The normalized spacial score (nSPS) is 22.3. The zero-order valence-electron chi connectivity index (χ0n) is 17.9. The summed E-state index contributed by atoms with van der Waals surface area (Å²) in [6, 6.07) is 19.7. The van der Waals surface area contributed by atoms with Crippen LogP contribution in [0.5, 0.6) is 0 Å². The van der Waals surface area contributed by atoms with Crippen molar-refractivity contribution in [1.82, 2.24) is 14.8 Å². The van der Waals surface area contributed by atoms with Gasteiger partial charge < -0.3 is 14.9 Å². The Morgan fingerprint density at radius 2 is 1.91 bits per heavy atom. The lowest BCUT2D eigenvalue weighted by atomic mass is 9.73. The highest BCUT2D eigenvalue weighted by Crippen LogP contribution is 2.43. The van der Waals surface area contributed by atoms with Crippen molar-refractivity contribution in [3.05, 3.63) is 89.7 Å². The van der Waals surface area contributed by atoms with Crippen LogP contribution in [-0.4, -0.2) is 63.5 Å². The summed E-state index contributed by atoms with van der Waals surface area (Å²) in [5.74, 6) is -0.322. The van der Waals surface area contributed by atoms with Gasteiger partial charge in [-0.25, -0.2) is 0 Å². The van der Waals surface area contributed by atoms with Crippen molar-refractivity contribution >= 4 is 11.8 Å². The molecule has 2 aliphatic heterocycles. The molecule has 0 saturated carbocycles. The molecule has 3 heterocycles. The molecule has 2 fully saturated rings. The number of hydrogen-bond acceptors (Lipinski definition) is 4. The third-order valence-corrected chi connectivity index (χ3v) is 6.59. The van der Waals surface area contributed by atoms with Crippen LogP contribution in [-0.2, 0) is 4.79 Å². The Labute approximate surface area is 187 Å². The van der Waals surface area contributed by atoms with Crippen molar-refractivity contribution in [1.29, 1.82) is 0 Å². The summed E-state index contributed by atoms with van der Waals surface area (Å²) in [6.45, 7) is 2.45. The number of aliphatic hydroxyl groups excluding tert-OH is 1. The highest BCUT2D eigenvalue weighted by atomic mass is 16.3. The molecule has 2 saturated heterocycles. The first-order valence-corrected chi connectivity index (χ1v) is 10.8. The molecule has 0 unspecified atom stereocenters. The van der Waals surface area contributed by atoms with Gasteiger partial charge in [-0.15, -0.1) is 0 Å². The zero-order valence-corrected chi connectivity index (χ0v) is 17.9. The quantitative estimate of drug-likeness (QED) is 0.695.